The van der Waals surface area contributed by atoms with Crippen LogP contribution in [-0.4, -0.2) is 60.2 Å². The number of likely N-dealkylation sites (tertiary alicyclic amines) is 2. The average molecular weight is 392 g/mol. The molecule has 3 heterocycles. The third kappa shape index (κ3) is 5.09. The first-order valence-corrected chi connectivity index (χ1v) is 10.7. The van der Waals surface area contributed by atoms with Crippen molar-refractivity contribution in [3.05, 3.63) is 21.9 Å². The van der Waals surface area contributed by atoms with Gasteiger partial charge in [0.25, 0.3) is 5.91 Å². The first-order valence-electron chi connectivity index (χ1n) is 9.85. The number of nitrogens with zero attached hydrogens (tertiary/aromatic N) is 2. The highest BCUT2D eigenvalue weighted by molar-refractivity contribution is 7.13. The molecule has 0 bridgehead atoms. The number of nitrogens with one attached hydrogen (secondary N) is 1. The van der Waals surface area contributed by atoms with Crippen LogP contribution in [0.1, 0.15) is 47.2 Å². The van der Waals surface area contributed by atoms with Gasteiger partial charge in [-0.25, -0.2) is 0 Å². The normalized spacial score (nSPS) is 19.2. The molecule has 3 amide bonds. The predicted octanol–water partition coefficient (Wildman–Crippen LogP) is 2.28. The zero-order chi connectivity index (χ0) is 19.4. The van der Waals surface area contributed by atoms with Gasteiger partial charge in [0.05, 0.1) is 11.4 Å². The second kappa shape index (κ2) is 8.87. The maximum absolute atomic E-state index is 12.7. The number of aryl methyl sites for hydroxylation is 1. The van der Waals surface area contributed by atoms with E-state index in [9.17, 15) is 14.4 Å². The van der Waals surface area contributed by atoms with E-state index >= 15 is 0 Å². The van der Waals surface area contributed by atoms with Crippen LogP contribution in [0.2, 0.25) is 0 Å². The van der Waals surface area contributed by atoms with Gasteiger partial charge in [-0.05, 0) is 50.7 Å². The molecule has 3 rings (SSSR count). The van der Waals surface area contributed by atoms with Crippen LogP contribution in [0, 0.1) is 18.8 Å². The maximum Gasteiger partial charge on any atom is 0.261 e. The zero-order valence-corrected chi connectivity index (χ0v) is 17.0. The average Bonchev–Trinajstić information content (AvgIpc) is 3.12. The van der Waals surface area contributed by atoms with E-state index in [1.54, 1.807) is 11.0 Å². The molecule has 0 unspecified atom stereocenters. The lowest BCUT2D eigenvalue weighted by Gasteiger charge is -2.36. The summed E-state index contributed by atoms with van der Waals surface area (Å²) in [6.07, 6.45) is 3.61. The Bertz CT molecular complexity index is 686. The third-order valence-corrected chi connectivity index (χ3v) is 6.66. The molecule has 7 heteroatoms. The highest BCUT2D eigenvalue weighted by Gasteiger charge is 2.31. The van der Waals surface area contributed by atoms with Crippen molar-refractivity contribution in [2.24, 2.45) is 11.8 Å². The number of amides is 3. The summed E-state index contributed by atoms with van der Waals surface area (Å²) in [5.74, 6) is 0.725. The number of piperidine rings is 2. The quantitative estimate of drug-likeness (QED) is 0.856. The fourth-order valence-electron chi connectivity index (χ4n) is 3.77. The van der Waals surface area contributed by atoms with Gasteiger partial charge in [0.1, 0.15) is 0 Å². The first-order chi connectivity index (χ1) is 12.9. The Morgan fingerprint density at radius 3 is 2.26 bits per heavy atom. The molecule has 0 saturated carbocycles. The Balaban J connectivity index is 1.41. The summed E-state index contributed by atoms with van der Waals surface area (Å²) >= 11 is 1.42. The summed E-state index contributed by atoms with van der Waals surface area (Å²) in [7, 11) is 0. The highest BCUT2D eigenvalue weighted by Crippen LogP contribution is 2.23. The molecule has 1 aromatic rings. The monoisotopic (exact) mass is 391 g/mol. The molecule has 2 saturated heterocycles. The predicted molar refractivity (Wildman–Crippen MR) is 106 cm³/mol. The largest absolute Gasteiger partial charge is 0.342 e. The van der Waals surface area contributed by atoms with E-state index in [1.165, 1.54) is 11.3 Å². The first kappa shape index (κ1) is 19.9. The molecule has 1 N–H and O–H groups in total. The number of hydrogen-bond acceptors (Lipinski definition) is 4. The highest BCUT2D eigenvalue weighted by atomic mass is 32.1. The summed E-state index contributed by atoms with van der Waals surface area (Å²) in [6, 6.07) is 3.67. The van der Waals surface area contributed by atoms with Crippen LogP contribution >= 0.6 is 11.3 Å². The minimum absolute atomic E-state index is 0.0123. The van der Waals surface area contributed by atoms with Crippen LogP contribution < -0.4 is 5.32 Å². The minimum Gasteiger partial charge on any atom is -0.342 e. The van der Waals surface area contributed by atoms with E-state index < -0.39 is 0 Å². The molecule has 0 spiro atoms. The van der Waals surface area contributed by atoms with Gasteiger partial charge < -0.3 is 15.1 Å². The van der Waals surface area contributed by atoms with E-state index in [2.05, 4.69) is 12.2 Å². The topological polar surface area (TPSA) is 69.7 Å². The summed E-state index contributed by atoms with van der Waals surface area (Å²) in [5, 5.41) is 2.70. The Morgan fingerprint density at radius 2 is 1.67 bits per heavy atom. The smallest absolute Gasteiger partial charge is 0.261 e. The standard InChI is InChI=1S/C20H29N3O3S/c1-14-5-9-23(10-6-14)20(26)16-7-11-22(12-8-16)18(24)13-21-19(25)17-4-3-15(2)27-17/h3-4,14,16H,5-13H2,1-2H3,(H,21,25). The van der Waals surface area contributed by atoms with Crippen molar-refractivity contribution in [1.29, 1.82) is 0 Å². The lowest BCUT2D eigenvalue weighted by Crippen LogP contribution is -2.48. The van der Waals surface area contributed by atoms with Crippen LogP contribution in [0.4, 0.5) is 0 Å². The van der Waals surface area contributed by atoms with Gasteiger partial charge >= 0.3 is 0 Å². The van der Waals surface area contributed by atoms with Crippen molar-refractivity contribution in [3.8, 4) is 0 Å². The van der Waals surface area contributed by atoms with E-state index in [1.807, 2.05) is 17.9 Å². The molecule has 6 nitrogen and oxygen atoms in total. The van der Waals surface area contributed by atoms with Crippen molar-refractivity contribution in [1.82, 2.24) is 15.1 Å². The molecular weight excluding hydrogens is 362 g/mol. The molecular formula is C20H29N3O3S. The van der Waals surface area contributed by atoms with Crippen LogP contribution in [-0.2, 0) is 9.59 Å². The number of carbonyl (C=O) groups is 3. The molecule has 148 valence electrons. The van der Waals surface area contributed by atoms with E-state index in [0.29, 0.717) is 36.7 Å². The number of carbonyl (C=O) groups excluding carboxylic acids is 3. The van der Waals surface area contributed by atoms with E-state index in [-0.39, 0.29) is 30.2 Å². The lowest BCUT2D eigenvalue weighted by atomic mass is 9.92. The van der Waals surface area contributed by atoms with Crippen molar-refractivity contribution in [2.45, 2.75) is 39.5 Å². The van der Waals surface area contributed by atoms with Crippen molar-refractivity contribution >= 4 is 29.1 Å². The van der Waals surface area contributed by atoms with Gasteiger partial charge in [0, 0.05) is 37.0 Å². The number of thiophene rings is 1. The van der Waals surface area contributed by atoms with Gasteiger partial charge in [-0.15, -0.1) is 11.3 Å². The summed E-state index contributed by atoms with van der Waals surface area (Å²) in [6.45, 7) is 7.12. The van der Waals surface area contributed by atoms with Gasteiger partial charge in [0.2, 0.25) is 11.8 Å². The Hall–Kier alpha value is -1.89. The van der Waals surface area contributed by atoms with Crippen LogP contribution in [0.25, 0.3) is 0 Å². The van der Waals surface area contributed by atoms with Gasteiger partial charge in [0.15, 0.2) is 0 Å². The number of hydrogen-bond donors (Lipinski definition) is 1. The Morgan fingerprint density at radius 1 is 1.04 bits per heavy atom. The van der Waals surface area contributed by atoms with Crippen molar-refractivity contribution in [2.75, 3.05) is 32.7 Å². The van der Waals surface area contributed by atoms with Crippen LogP contribution in [0.15, 0.2) is 12.1 Å². The second-order valence-corrected chi connectivity index (χ2v) is 9.04. The molecule has 0 aliphatic carbocycles. The van der Waals surface area contributed by atoms with Gasteiger partial charge in [-0.3, -0.25) is 14.4 Å². The fourth-order valence-corrected chi connectivity index (χ4v) is 4.56. The zero-order valence-electron chi connectivity index (χ0n) is 16.2. The van der Waals surface area contributed by atoms with Crippen LogP contribution in [0.5, 0.6) is 0 Å². The fraction of sp³-hybridized carbons (Fsp3) is 0.650. The van der Waals surface area contributed by atoms with Gasteiger partial charge in [-0.1, -0.05) is 6.92 Å². The van der Waals surface area contributed by atoms with Crippen molar-refractivity contribution in [3.63, 3.8) is 0 Å². The molecule has 0 atom stereocenters. The molecule has 2 aliphatic heterocycles. The Kier molecular flexibility index (Phi) is 6.52. The van der Waals surface area contributed by atoms with Crippen LogP contribution in [0.3, 0.4) is 0 Å². The summed E-state index contributed by atoms with van der Waals surface area (Å²) in [5.41, 5.74) is 0. The molecule has 0 aromatic carbocycles. The molecule has 27 heavy (non-hydrogen) atoms. The van der Waals surface area contributed by atoms with E-state index in [4.69, 9.17) is 0 Å². The molecule has 2 fully saturated rings. The minimum atomic E-state index is -0.203. The van der Waals surface area contributed by atoms with E-state index in [0.717, 1.165) is 30.8 Å². The van der Waals surface area contributed by atoms with Gasteiger partial charge in [-0.2, -0.15) is 0 Å². The SMILES string of the molecule is Cc1ccc(C(=O)NCC(=O)N2CCC(C(=O)N3CCC(C)CC3)CC2)s1. The molecule has 1 aromatic heterocycles. The number of rotatable bonds is 4. The second-order valence-electron chi connectivity index (χ2n) is 7.76. The summed E-state index contributed by atoms with van der Waals surface area (Å²) < 4.78 is 0. The van der Waals surface area contributed by atoms with Crippen molar-refractivity contribution < 1.29 is 14.4 Å². The Labute approximate surface area is 164 Å². The lowest BCUT2D eigenvalue weighted by molar-refractivity contribution is -0.141. The maximum atomic E-state index is 12.7. The molecule has 2 aliphatic rings. The molecule has 0 radical (unpaired) electrons. The third-order valence-electron chi connectivity index (χ3n) is 5.66. The summed E-state index contributed by atoms with van der Waals surface area (Å²) in [4.78, 5) is 42.6.